The number of hydrogen-bond donors (Lipinski definition) is 1. The number of aryl methyl sites for hydroxylation is 1. The van der Waals surface area contributed by atoms with E-state index in [9.17, 15) is 4.79 Å². The summed E-state index contributed by atoms with van der Waals surface area (Å²) in [6, 6.07) is 8.14. The van der Waals surface area contributed by atoms with Gasteiger partial charge in [0, 0.05) is 19.1 Å². The molecule has 7 heteroatoms. The van der Waals surface area contributed by atoms with E-state index in [4.69, 9.17) is 5.73 Å². The Hall–Kier alpha value is -1.92. The average Bonchev–Trinajstić information content (AvgIpc) is 3.05. The molecule has 0 spiro atoms. The van der Waals surface area contributed by atoms with E-state index in [1.165, 1.54) is 5.56 Å². The third-order valence-corrected chi connectivity index (χ3v) is 4.58. The Kier molecular flexibility index (Phi) is 5.96. The highest BCUT2D eigenvalue weighted by molar-refractivity contribution is 5.92. The molecule has 1 amide bonds. The van der Waals surface area contributed by atoms with Crippen LogP contribution in [-0.4, -0.2) is 44.9 Å². The van der Waals surface area contributed by atoms with Gasteiger partial charge in [0.05, 0.1) is 11.9 Å². The van der Waals surface area contributed by atoms with Crippen LogP contribution in [0.4, 0.5) is 0 Å². The quantitative estimate of drug-likeness (QED) is 0.921. The van der Waals surface area contributed by atoms with E-state index >= 15 is 0 Å². The van der Waals surface area contributed by atoms with Gasteiger partial charge in [-0.15, -0.1) is 17.5 Å². The zero-order valence-corrected chi connectivity index (χ0v) is 14.9. The van der Waals surface area contributed by atoms with Crippen LogP contribution < -0.4 is 5.73 Å². The Labute approximate surface area is 148 Å². The molecule has 1 atom stereocenters. The van der Waals surface area contributed by atoms with Gasteiger partial charge >= 0.3 is 0 Å². The van der Waals surface area contributed by atoms with E-state index in [0.29, 0.717) is 11.6 Å². The van der Waals surface area contributed by atoms with Crippen molar-refractivity contribution in [1.29, 1.82) is 0 Å². The summed E-state index contributed by atoms with van der Waals surface area (Å²) < 4.78 is 1.64. The van der Waals surface area contributed by atoms with Gasteiger partial charge in [0.25, 0.3) is 5.91 Å². The Morgan fingerprint density at radius 3 is 2.46 bits per heavy atom. The number of rotatable bonds is 3. The minimum atomic E-state index is -0.0495. The number of aromatic nitrogens is 3. The van der Waals surface area contributed by atoms with Gasteiger partial charge in [0.2, 0.25) is 0 Å². The van der Waals surface area contributed by atoms with Crippen molar-refractivity contribution in [2.24, 2.45) is 11.7 Å². The molecule has 0 bridgehead atoms. The van der Waals surface area contributed by atoms with Crippen LogP contribution in [0, 0.1) is 12.8 Å². The van der Waals surface area contributed by atoms with E-state index in [1.807, 2.05) is 43.0 Å². The van der Waals surface area contributed by atoms with Crippen molar-refractivity contribution in [3.8, 4) is 5.69 Å². The second kappa shape index (κ2) is 7.77. The summed E-state index contributed by atoms with van der Waals surface area (Å²) in [6.07, 6.45) is 3.61. The molecule has 2 N–H and O–H groups in total. The number of amides is 1. The summed E-state index contributed by atoms with van der Waals surface area (Å²) in [6.45, 7) is 5.55. The van der Waals surface area contributed by atoms with Crippen LogP contribution in [0.25, 0.3) is 5.69 Å². The van der Waals surface area contributed by atoms with Gasteiger partial charge in [0.15, 0.2) is 5.69 Å². The maximum Gasteiger partial charge on any atom is 0.276 e. The lowest BCUT2D eigenvalue weighted by molar-refractivity contribution is 0.0675. The fraction of sp³-hybridized carbons (Fsp3) is 0.471. The Bertz CT molecular complexity index is 675. The lowest BCUT2D eigenvalue weighted by Crippen LogP contribution is -2.42. The van der Waals surface area contributed by atoms with E-state index in [2.05, 4.69) is 10.3 Å². The van der Waals surface area contributed by atoms with Gasteiger partial charge in [-0.25, -0.2) is 4.68 Å². The number of carbonyl (C=O) groups is 1. The van der Waals surface area contributed by atoms with E-state index < -0.39 is 0 Å². The molecule has 0 aliphatic carbocycles. The van der Waals surface area contributed by atoms with Crippen LogP contribution >= 0.6 is 12.4 Å². The van der Waals surface area contributed by atoms with Crippen molar-refractivity contribution in [3.05, 3.63) is 41.7 Å². The van der Waals surface area contributed by atoms with Gasteiger partial charge in [-0.1, -0.05) is 22.9 Å². The first kappa shape index (κ1) is 18.4. The first-order valence-corrected chi connectivity index (χ1v) is 8.09. The molecule has 1 unspecified atom stereocenters. The molecular weight excluding hydrogens is 326 g/mol. The zero-order valence-electron chi connectivity index (χ0n) is 14.1. The number of nitrogens with two attached hydrogens (primary N) is 1. The molecular formula is C17H24ClN5O. The van der Waals surface area contributed by atoms with Crippen molar-refractivity contribution < 1.29 is 4.79 Å². The Balaban J connectivity index is 0.00000208. The van der Waals surface area contributed by atoms with Crippen LogP contribution in [0.5, 0.6) is 0 Å². The molecule has 1 aromatic carbocycles. The van der Waals surface area contributed by atoms with Crippen molar-refractivity contribution in [3.63, 3.8) is 0 Å². The predicted molar refractivity (Wildman–Crippen MR) is 95.6 cm³/mol. The van der Waals surface area contributed by atoms with Crippen molar-refractivity contribution in [1.82, 2.24) is 19.9 Å². The fourth-order valence-electron chi connectivity index (χ4n) is 2.98. The van der Waals surface area contributed by atoms with E-state index in [0.717, 1.165) is 31.6 Å². The minimum Gasteiger partial charge on any atom is -0.337 e. The van der Waals surface area contributed by atoms with E-state index in [1.54, 1.807) is 10.9 Å². The summed E-state index contributed by atoms with van der Waals surface area (Å²) in [5.74, 6) is 0.453. The standard InChI is InChI=1S/C17H23N5O.ClH/c1-12-3-5-15(6-4-12)22-11-16(19-20-22)17(23)21-9-7-14(8-10-21)13(2)18;/h3-6,11,13-14H,7-10,18H2,1-2H3;1H. The molecule has 0 saturated carbocycles. The molecule has 1 saturated heterocycles. The highest BCUT2D eigenvalue weighted by atomic mass is 35.5. The van der Waals surface area contributed by atoms with Crippen molar-refractivity contribution >= 4 is 18.3 Å². The first-order valence-electron chi connectivity index (χ1n) is 8.09. The number of halogens is 1. The number of benzene rings is 1. The molecule has 130 valence electrons. The van der Waals surface area contributed by atoms with Gasteiger partial charge in [-0.3, -0.25) is 4.79 Å². The van der Waals surface area contributed by atoms with Gasteiger partial charge < -0.3 is 10.6 Å². The van der Waals surface area contributed by atoms with Crippen LogP contribution in [0.2, 0.25) is 0 Å². The van der Waals surface area contributed by atoms with Gasteiger partial charge in [0.1, 0.15) is 0 Å². The monoisotopic (exact) mass is 349 g/mol. The predicted octanol–water partition coefficient (Wildman–Crippen LogP) is 2.20. The van der Waals surface area contributed by atoms with Crippen LogP contribution in [0.3, 0.4) is 0 Å². The fourth-order valence-corrected chi connectivity index (χ4v) is 2.98. The summed E-state index contributed by atoms with van der Waals surface area (Å²) in [5.41, 5.74) is 8.43. The topological polar surface area (TPSA) is 77.0 Å². The first-order chi connectivity index (χ1) is 11.0. The molecule has 1 aliphatic rings. The summed E-state index contributed by atoms with van der Waals surface area (Å²) in [4.78, 5) is 14.4. The zero-order chi connectivity index (χ0) is 16.4. The lowest BCUT2D eigenvalue weighted by Gasteiger charge is -2.33. The summed E-state index contributed by atoms with van der Waals surface area (Å²) in [7, 11) is 0. The normalized spacial score (nSPS) is 16.5. The number of hydrogen-bond acceptors (Lipinski definition) is 4. The molecule has 3 rings (SSSR count). The lowest BCUT2D eigenvalue weighted by atomic mass is 9.91. The van der Waals surface area contributed by atoms with Crippen LogP contribution in [0.15, 0.2) is 30.5 Å². The summed E-state index contributed by atoms with van der Waals surface area (Å²) in [5, 5.41) is 8.12. The molecule has 1 aromatic heterocycles. The molecule has 0 radical (unpaired) electrons. The Morgan fingerprint density at radius 2 is 1.88 bits per heavy atom. The maximum atomic E-state index is 12.6. The van der Waals surface area contributed by atoms with Crippen LogP contribution in [-0.2, 0) is 0 Å². The highest BCUT2D eigenvalue weighted by Crippen LogP contribution is 2.20. The third-order valence-electron chi connectivity index (χ3n) is 4.58. The van der Waals surface area contributed by atoms with E-state index in [-0.39, 0.29) is 24.4 Å². The molecule has 6 nitrogen and oxygen atoms in total. The maximum absolute atomic E-state index is 12.6. The SMILES string of the molecule is Cc1ccc(-n2cc(C(=O)N3CCC(C(C)N)CC3)nn2)cc1.Cl. The van der Waals surface area contributed by atoms with Crippen molar-refractivity contribution in [2.45, 2.75) is 32.7 Å². The third kappa shape index (κ3) is 3.94. The van der Waals surface area contributed by atoms with Gasteiger partial charge in [-0.2, -0.15) is 0 Å². The second-order valence-corrected chi connectivity index (χ2v) is 6.37. The van der Waals surface area contributed by atoms with Gasteiger partial charge in [-0.05, 0) is 44.7 Å². The average molecular weight is 350 g/mol. The molecule has 1 fully saturated rings. The number of piperidine rings is 1. The second-order valence-electron chi connectivity index (χ2n) is 6.37. The Morgan fingerprint density at radius 1 is 1.25 bits per heavy atom. The molecule has 2 heterocycles. The smallest absolute Gasteiger partial charge is 0.276 e. The summed E-state index contributed by atoms with van der Waals surface area (Å²) >= 11 is 0. The highest BCUT2D eigenvalue weighted by Gasteiger charge is 2.26. The molecule has 24 heavy (non-hydrogen) atoms. The largest absolute Gasteiger partial charge is 0.337 e. The number of carbonyl (C=O) groups excluding carboxylic acids is 1. The number of nitrogens with zero attached hydrogens (tertiary/aromatic N) is 4. The molecule has 1 aliphatic heterocycles. The molecule has 2 aromatic rings. The minimum absolute atomic E-state index is 0. The van der Waals surface area contributed by atoms with Crippen LogP contribution in [0.1, 0.15) is 35.8 Å². The number of likely N-dealkylation sites (tertiary alicyclic amines) is 1. The van der Waals surface area contributed by atoms with Crippen molar-refractivity contribution in [2.75, 3.05) is 13.1 Å².